The van der Waals surface area contributed by atoms with Crippen molar-refractivity contribution in [2.45, 2.75) is 19.3 Å². The molecule has 1 aliphatic rings. The Balaban J connectivity index is 2.15. The molecule has 0 aliphatic carbocycles. The summed E-state index contributed by atoms with van der Waals surface area (Å²) in [5, 5.41) is 3.38. The average Bonchev–Trinajstić information content (AvgIpc) is 2.18. The van der Waals surface area contributed by atoms with Gasteiger partial charge in [0.1, 0.15) is 6.33 Å². The Morgan fingerprint density at radius 3 is 2.86 bits per heavy atom. The Bertz CT molecular complexity index is 306. The summed E-state index contributed by atoms with van der Waals surface area (Å²) in [7, 11) is 0. The maximum absolute atomic E-state index is 4.05. The van der Waals surface area contributed by atoms with E-state index in [0.29, 0.717) is 0 Å². The lowest BCUT2D eigenvalue weighted by atomic mass is 10.0. The third-order valence-corrected chi connectivity index (χ3v) is 2.44. The van der Waals surface area contributed by atoms with Gasteiger partial charge in [0.15, 0.2) is 0 Å². The van der Waals surface area contributed by atoms with Crippen molar-refractivity contribution < 1.29 is 0 Å². The second-order valence-corrected chi connectivity index (χ2v) is 3.50. The van der Waals surface area contributed by atoms with Gasteiger partial charge in [0.25, 0.3) is 0 Å². The predicted octanol–water partition coefficient (Wildman–Crippen LogP) is 1.63. The van der Waals surface area contributed by atoms with E-state index in [4.69, 9.17) is 0 Å². The molecule has 0 atom stereocenters. The molecule has 74 valence electrons. The van der Waals surface area contributed by atoms with Crippen molar-refractivity contribution in [2.24, 2.45) is 0 Å². The van der Waals surface area contributed by atoms with Gasteiger partial charge in [-0.05, 0) is 37.9 Å². The third-order valence-electron chi connectivity index (χ3n) is 2.44. The van der Waals surface area contributed by atoms with Gasteiger partial charge < -0.3 is 5.32 Å². The lowest BCUT2D eigenvalue weighted by Gasteiger charge is -2.11. The van der Waals surface area contributed by atoms with Gasteiger partial charge in [0.05, 0.1) is 0 Å². The molecule has 2 rings (SSSR count). The number of nitrogens with zero attached hydrogens (tertiary/aromatic N) is 2. The third kappa shape index (κ3) is 2.39. The highest BCUT2D eigenvalue weighted by molar-refractivity contribution is 5.64. The van der Waals surface area contributed by atoms with Crippen LogP contribution in [0.3, 0.4) is 0 Å². The molecule has 14 heavy (non-hydrogen) atoms. The molecule has 0 amide bonds. The first-order chi connectivity index (χ1) is 6.97. The first kappa shape index (κ1) is 9.34. The largest absolute Gasteiger partial charge is 0.316 e. The van der Waals surface area contributed by atoms with Crippen LogP contribution < -0.4 is 5.32 Å². The number of hydrogen-bond acceptors (Lipinski definition) is 3. The van der Waals surface area contributed by atoms with E-state index in [0.717, 1.165) is 25.9 Å². The van der Waals surface area contributed by atoms with E-state index in [1.807, 2.05) is 12.4 Å². The second-order valence-electron chi connectivity index (χ2n) is 3.50. The van der Waals surface area contributed by atoms with E-state index in [1.165, 1.54) is 17.6 Å². The van der Waals surface area contributed by atoms with Crippen LogP contribution in [0.2, 0.25) is 0 Å². The molecule has 0 bridgehead atoms. The highest BCUT2D eigenvalue weighted by atomic mass is 14.8. The first-order valence-corrected chi connectivity index (χ1v) is 5.12. The van der Waals surface area contributed by atoms with Crippen molar-refractivity contribution in [1.82, 2.24) is 15.3 Å². The van der Waals surface area contributed by atoms with Crippen LogP contribution in [0.1, 0.15) is 24.8 Å². The van der Waals surface area contributed by atoms with Crippen LogP contribution in [-0.2, 0) is 0 Å². The highest BCUT2D eigenvalue weighted by Gasteiger charge is 2.03. The summed E-state index contributed by atoms with van der Waals surface area (Å²) in [5.74, 6) is 0. The van der Waals surface area contributed by atoms with Gasteiger partial charge >= 0.3 is 0 Å². The zero-order valence-electron chi connectivity index (χ0n) is 8.24. The van der Waals surface area contributed by atoms with Gasteiger partial charge in [-0.25, -0.2) is 9.97 Å². The van der Waals surface area contributed by atoms with Crippen LogP contribution in [0.5, 0.6) is 0 Å². The quantitative estimate of drug-likeness (QED) is 0.729. The Morgan fingerprint density at radius 1 is 1.14 bits per heavy atom. The van der Waals surface area contributed by atoms with E-state index in [9.17, 15) is 0 Å². The number of rotatable bonds is 1. The maximum atomic E-state index is 4.05. The molecule has 1 aromatic rings. The van der Waals surface area contributed by atoms with Crippen molar-refractivity contribution in [3.05, 3.63) is 30.4 Å². The second kappa shape index (κ2) is 4.86. The van der Waals surface area contributed by atoms with Crippen LogP contribution in [0.15, 0.2) is 24.8 Å². The van der Waals surface area contributed by atoms with Crippen LogP contribution >= 0.6 is 0 Å². The lowest BCUT2D eigenvalue weighted by Crippen LogP contribution is -2.17. The zero-order valence-corrected chi connectivity index (χ0v) is 8.24. The first-order valence-electron chi connectivity index (χ1n) is 5.12. The highest BCUT2D eigenvalue weighted by Crippen LogP contribution is 2.19. The van der Waals surface area contributed by atoms with E-state index in [2.05, 4.69) is 21.4 Å². The fourth-order valence-electron chi connectivity index (χ4n) is 1.71. The summed E-state index contributed by atoms with van der Waals surface area (Å²) in [5.41, 5.74) is 2.57. The average molecular weight is 189 g/mol. The molecule has 2 heterocycles. The topological polar surface area (TPSA) is 37.8 Å². The Morgan fingerprint density at radius 2 is 2.00 bits per heavy atom. The molecule has 3 nitrogen and oxygen atoms in total. The molecule has 0 fully saturated rings. The minimum Gasteiger partial charge on any atom is -0.316 e. The van der Waals surface area contributed by atoms with Crippen molar-refractivity contribution in [1.29, 1.82) is 0 Å². The normalized spacial score (nSPS) is 18.1. The molecule has 1 aromatic heterocycles. The molecule has 1 aliphatic heterocycles. The minimum absolute atomic E-state index is 1.08. The summed E-state index contributed by atoms with van der Waals surface area (Å²) in [6.45, 7) is 2.20. The standard InChI is InChI=1S/C11H15N3/c1-3-10(4-2-6-12-5-1)11-7-13-9-14-8-11/h3,7-9,12H,1-2,4-6H2. The monoisotopic (exact) mass is 189 g/mol. The molecule has 0 unspecified atom stereocenters. The van der Waals surface area contributed by atoms with Gasteiger partial charge in [-0.2, -0.15) is 0 Å². The van der Waals surface area contributed by atoms with Gasteiger partial charge in [0, 0.05) is 18.0 Å². The SMILES string of the molecule is C1=C(c2cncnc2)CCCNCC1. The minimum atomic E-state index is 1.08. The van der Waals surface area contributed by atoms with E-state index in [-0.39, 0.29) is 0 Å². The number of allylic oxidation sites excluding steroid dienone is 1. The Hall–Kier alpha value is -1.22. The number of aromatic nitrogens is 2. The van der Waals surface area contributed by atoms with Crippen LogP contribution in [0.25, 0.3) is 5.57 Å². The molecule has 0 spiro atoms. The fraction of sp³-hybridized carbons (Fsp3) is 0.455. The predicted molar refractivity (Wildman–Crippen MR) is 56.7 cm³/mol. The van der Waals surface area contributed by atoms with Gasteiger partial charge in [-0.1, -0.05) is 6.08 Å². The molecule has 0 aromatic carbocycles. The van der Waals surface area contributed by atoms with E-state index in [1.54, 1.807) is 6.33 Å². The van der Waals surface area contributed by atoms with E-state index < -0.39 is 0 Å². The van der Waals surface area contributed by atoms with Crippen molar-refractivity contribution in [3.63, 3.8) is 0 Å². The fourth-order valence-corrected chi connectivity index (χ4v) is 1.71. The van der Waals surface area contributed by atoms with Crippen LogP contribution in [0.4, 0.5) is 0 Å². The lowest BCUT2D eigenvalue weighted by molar-refractivity contribution is 0.650. The summed E-state index contributed by atoms with van der Waals surface area (Å²) in [6.07, 6.45) is 11.1. The number of hydrogen-bond donors (Lipinski definition) is 1. The number of nitrogens with one attached hydrogen (secondary N) is 1. The molecule has 0 saturated carbocycles. The molecule has 0 radical (unpaired) electrons. The zero-order chi connectivity index (χ0) is 9.64. The summed E-state index contributed by atoms with van der Waals surface area (Å²) < 4.78 is 0. The molecule has 1 N–H and O–H groups in total. The molecule has 0 saturated heterocycles. The van der Waals surface area contributed by atoms with Crippen molar-refractivity contribution in [2.75, 3.05) is 13.1 Å². The molecular weight excluding hydrogens is 174 g/mol. The molecular formula is C11H15N3. The van der Waals surface area contributed by atoms with Crippen molar-refractivity contribution >= 4 is 5.57 Å². The van der Waals surface area contributed by atoms with Gasteiger partial charge in [-0.3, -0.25) is 0 Å². The smallest absolute Gasteiger partial charge is 0.115 e. The van der Waals surface area contributed by atoms with Gasteiger partial charge in [0.2, 0.25) is 0 Å². The van der Waals surface area contributed by atoms with Crippen molar-refractivity contribution in [3.8, 4) is 0 Å². The van der Waals surface area contributed by atoms with Crippen LogP contribution in [-0.4, -0.2) is 23.1 Å². The Labute approximate surface area is 84.3 Å². The Kier molecular flexibility index (Phi) is 3.24. The molecule has 3 heteroatoms. The summed E-state index contributed by atoms with van der Waals surface area (Å²) >= 11 is 0. The maximum Gasteiger partial charge on any atom is 0.115 e. The van der Waals surface area contributed by atoms with Crippen LogP contribution in [0, 0.1) is 0 Å². The van der Waals surface area contributed by atoms with E-state index >= 15 is 0 Å². The van der Waals surface area contributed by atoms with Gasteiger partial charge in [-0.15, -0.1) is 0 Å². The summed E-state index contributed by atoms with van der Waals surface area (Å²) in [4.78, 5) is 8.09. The summed E-state index contributed by atoms with van der Waals surface area (Å²) in [6, 6.07) is 0.